The van der Waals surface area contributed by atoms with Crippen LogP contribution in [0.4, 0.5) is 13.2 Å². The minimum atomic E-state index is -4.35. The van der Waals surface area contributed by atoms with Crippen molar-refractivity contribution in [1.82, 2.24) is 5.32 Å². The van der Waals surface area contributed by atoms with Gasteiger partial charge in [-0.25, -0.2) is 0 Å². The normalized spacial score (nSPS) is 13.2. The third kappa shape index (κ3) is 4.22. The summed E-state index contributed by atoms with van der Waals surface area (Å²) in [5.41, 5.74) is -0.157. The molecule has 0 heterocycles. The lowest BCUT2D eigenvalue weighted by Crippen LogP contribution is -2.28. The van der Waals surface area contributed by atoms with Crippen LogP contribution in [0.25, 0.3) is 0 Å². The van der Waals surface area contributed by atoms with Gasteiger partial charge in [-0.05, 0) is 17.5 Å². The summed E-state index contributed by atoms with van der Waals surface area (Å²) < 4.78 is 37.5. The Morgan fingerprint density at radius 1 is 1.44 bits per heavy atom. The van der Waals surface area contributed by atoms with Gasteiger partial charge in [0, 0.05) is 6.54 Å². The quantitative estimate of drug-likeness (QED) is 0.843. The van der Waals surface area contributed by atoms with Crippen LogP contribution in [0, 0.1) is 0 Å². The number of nitrogens with one attached hydrogen (secondary N) is 1. The monoisotopic (exact) mass is 279 g/mol. The first-order chi connectivity index (χ1) is 8.34. The molecule has 0 saturated heterocycles. The largest absolute Gasteiger partial charge is 0.416 e. The van der Waals surface area contributed by atoms with Crippen LogP contribution in [0.5, 0.6) is 0 Å². The summed E-state index contributed by atoms with van der Waals surface area (Å²) in [6, 6.07) is 5.08. The van der Waals surface area contributed by atoms with Gasteiger partial charge >= 0.3 is 6.18 Å². The maximum atomic E-state index is 12.5. The molecule has 1 unspecified atom stereocenters. The molecule has 1 rings (SSSR count). The third-order valence-electron chi connectivity index (χ3n) is 2.51. The number of amides is 1. The molecule has 18 heavy (non-hydrogen) atoms. The lowest BCUT2D eigenvalue weighted by Gasteiger charge is -2.14. The van der Waals surface area contributed by atoms with Crippen molar-refractivity contribution < 1.29 is 18.0 Å². The van der Waals surface area contributed by atoms with E-state index >= 15 is 0 Å². The Bertz CT molecular complexity index is 420. The van der Waals surface area contributed by atoms with E-state index in [2.05, 4.69) is 5.32 Å². The highest BCUT2D eigenvalue weighted by Crippen LogP contribution is 2.30. The number of halogens is 4. The summed E-state index contributed by atoms with van der Waals surface area (Å²) in [5.74, 6) is -0.704. The molecule has 1 N–H and O–H groups in total. The number of hydrogen-bond acceptors (Lipinski definition) is 1. The lowest BCUT2D eigenvalue weighted by molar-refractivity contribution is -0.137. The van der Waals surface area contributed by atoms with Crippen molar-refractivity contribution in [2.24, 2.45) is 0 Å². The minimum Gasteiger partial charge on any atom is -0.354 e. The lowest BCUT2D eigenvalue weighted by atomic mass is 9.99. The molecule has 0 aliphatic heterocycles. The Hall–Kier alpha value is -1.23. The number of benzene rings is 1. The number of hydrogen-bond donors (Lipinski definition) is 1. The van der Waals surface area contributed by atoms with E-state index in [0.29, 0.717) is 5.56 Å². The van der Waals surface area contributed by atoms with Crippen molar-refractivity contribution in [3.05, 3.63) is 35.4 Å². The number of alkyl halides is 4. The van der Waals surface area contributed by atoms with Crippen LogP contribution in [0.15, 0.2) is 24.3 Å². The second-order valence-corrected chi connectivity index (χ2v) is 4.23. The van der Waals surface area contributed by atoms with Gasteiger partial charge in [-0.2, -0.15) is 13.2 Å². The smallest absolute Gasteiger partial charge is 0.354 e. The Balaban J connectivity index is 2.74. The van der Waals surface area contributed by atoms with Crippen LogP contribution in [0.1, 0.15) is 24.0 Å². The van der Waals surface area contributed by atoms with Gasteiger partial charge in [-0.15, -0.1) is 11.6 Å². The van der Waals surface area contributed by atoms with Gasteiger partial charge in [0.1, 0.15) is 5.88 Å². The Labute approximate surface area is 108 Å². The van der Waals surface area contributed by atoms with Gasteiger partial charge in [0.2, 0.25) is 5.91 Å². The Morgan fingerprint density at radius 3 is 2.67 bits per heavy atom. The van der Waals surface area contributed by atoms with E-state index in [0.717, 1.165) is 12.1 Å². The van der Waals surface area contributed by atoms with Crippen LogP contribution >= 0.6 is 11.6 Å². The summed E-state index contributed by atoms with van der Waals surface area (Å²) in [5, 5.41) is 2.54. The molecular formula is C12H13ClF3NO. The molecular weight excluding hydrogens is 267 g/mol. The molecule has 0 bridgehead atoms. The molecule has 0 aliphatic carbocycles. The molecule has 0 aliphatic rings. The van der Waals surface area contributed by atoms with Crippen LogP contribution in [-0.4, -0.2) is 18.3 Å². The van der Waals surface area contributed by atoms with E-state index in [9.17, 15) is 18.0 Å². The Morgan fingerprint density at radius 2 is 2.11 bits per heavy atom. The molecule has 0 aromatic heterocycles. The summed E-state index contributed by atoms with van der Waals surface area (Å²) in [4.78, 5) is 11.0. The van der Waals surface area contributed by atoms with E-state index in [-0.39, 0.29) is 24.2 Å². The molecule has 1 aromatic carbocycles. The number of carbonyl (C=O) groups excluding carboxylic acids is 1. The first-order valence-electron chi connectivity index (χ1n) is 5.34. The fourth-order valence-corrected chi connectivity index (χ4v) is 1.55. The average Bonchev–Trinajstić information content (AvgIpc) is 2.34. The van der Waals surface area contributed by atoms with Crippen molar-refractivity contribution in [3.63, 3.8) is 0 Å². The zero-order chi connectivity index (χ0) is 13.8. The maximum Gasteiger partial charge on any atom is 0.416 e. The van der Waals surface area contributed by atoms with Gasteiger partial charge in [-0.1, -0.05) is 25.1 Å². The second-order valence-electron chi connectivity index (χ2n) is 3.96. The number of rotatable bonds is 4. The molecule has 0 saturated carbocycles. The molecule has 6 heteroatoms. The molecule has 0 radical (unpaired) electrons. The van der Waals surface area contributed by atoms with E-state index in [1.165, 1.54) is 6.07 Å². The molecule has 0 spiro atoms. The minimum absolute atomic E-state index is 0.157. The molecule has 1 aromatic rings. The van der Waals surface area contributed by atoms with Gasteiger partial charge in [0.15, 0.2) is 0 Å². The van der Waals surface area contributed by atoms with Gasteiger partial charge in [0.05, 0.1) is 5.56 Å². The highest BCUT2D eigenvalue weighted by atomic mass is 35.5. The van der Waals surface area contributed by atoms with Crippen LogP contribution in [0.2, 0.25) is 0 Å². The summed E-state index contributed by atoms with van der Waals surface area (Å²) >= 11 is 5.31. The third-order valence-corrected chi connectivity index (χ3v) is 2.75. The van der Waals surface area contributed by atoms with Crippen LogP contribution in [0.3, 0.4) is 0 Å². The predicted molar refractivity (Wildman–Crippen MR) is 63.6 cm³/mol. The molecule has 0 fully saturated rings. The zero-order valence-electron chi connectivity index (χ0n) is 9.72. The highest BCUT2D eigenvalue weighted by molar-refractivity contribution is 6.27. The topological polar surface area (TPSA) is 29.1 Å². The molecule has 100 valence electrons. The van der Waals surface area contributed by atoms with E-state index in [4.69, 9.17) is 11.6 Å². The van der Waals surface area contributed by atoms with Gasteiger partial charge in [0.25, 0.3) is 0 Å². The van der Waals surface area contributed by atoms with E-state index in [1.54, 1.807) is 13.0 Å². The predicted octanol–water partition coefficient (Wildman–Crippen LogP) is 3.16. The second kappa shape index (κ2) is 6.09. The van der Waals surface area contributed by atoms with Crippen molar-refractivity contribution >= 4 is 17.5 Å². The summed E-state index contributed by atoms with van der Waals surface area (Å²) in [6.07, 6.45) is -4.35. The van der Waals surface area contributed by atoms with E-state index in [1.807, 2.05) is 0 Å². The SMILES string of the molecule is CC(CNC(=O)CCl)c1cccc(C(F)(F)F)c1. The summed E-state index contributed by atoms with van der Waals surface area (Å²) in [6.45, 7) is 2.00. The fraction of sp³-hybridized carbons (Fsp3) is 0.417. The molecule has 1 amide bonds. The van der Waals surface area contributed by atoms with Gasteiger partial charge in [-0.3, -0.25) is 4.79 Å². The fourth-order valence-electron chi connectivity index (χ4n) is 1.45. The Kier molecular flexibility index (Phi) is 5.02. The van der Waals surface area contributed by atoms with Crippen molar-refractivity contribution in [3.8, 4) is 0 Å². The first kappa shape index (κ1) is 14.8. The van der Waals surface area contributed by atoms with Crippen molar-refractivity contribution in [2.45, 2.75) is 19.0 Å². The van der Waals surface area contributed by atoms with Crippen LogP contribution < -0.4 is 5.32 Å². The van der Waals surface area contributed by atoms with E-state index < -0.39 is 11.7 Å². The van der Waals surface area contributed by atoms with Crippen LogP contribution in [-0.2, 0) is 11.0 Å². The highest BCUT2D eigenvalue weighted by Gasteiger charge is 2.30. The summed E-state index contributed by atoms with van der Waals surface area (Å²) in [7, 11) is 0. The maximum absolute atomic E-state index is 12.5. The zero-order valence-corrected chi connectivity index (χ0v) is 10.5. The molecule has 1 atom stereocenters. The van der Waals surface area contributed by atoms with Gasteiger partial charge < -0.3 is 5.32 Å². The van der Waals surface area contributed by atoms with Crippen molar-refractivity contribution in [1.29, 1.82) is 0 Å². The van der Waals surface area contributed by atoms with Crippen molar-refractivity contribution in [2.75, 3.05) is 12.4 Å². The molecule has 2 nitrogen and oxygen atoms in total. The first-order valence-corrected chi connectivity index (χ1v) is 5.88. The standard InChI is InChI=1S/C12H13ClF3NO/c1-8(7-17-11(18)6-13)9-3-2-4-10(5-9)12(14,15)16/h2-5,8H,6-7H2,1H3,(H,17,18). The average molecular weight is 280 g/mol. The number of carbonyl (C=O) groups is 1.